The number of ether oxygens (including phenoxy) is 2. The third-order valence-electron chi connectivity index (χ3n) is 6.10. The molecule has 4 unspecified atom stereocenters. The summed E-state index contributed by atoms with van der Waals surface area (Å²) in [5, 5.41) is 0. The zero-order valence-electron chi connectivity index (χ0n) is 18.5. The molecule has 2 aromatic carbocycles. The Morgan fingerprint density at radius 1 is 0.919 bits per heavy atom. The van der Waals surface area contributed by atoms with Crippen molar-refractivity contribution in [3.8, 4) is 5.75 Å². The Hall–Kier alpha value is -0.330. The van der Waals surface area contributed by atoms with Crippen molar-refractivity contribution in [1.82, 2.24) is 0 Å². The number of benzene rings is 2. The van der Waals surface area contributed by atoms with Gasteiger partial charge in [-0.3, -0.25) is 9.35 Å². The second kappa shape index (κ2) is 12.0. The molecule has 4 atom stereocenters. The van der Waals surface area contributed by atoms with E-state index in [-0.39, 0.29) is 29.6 Å². The van der Waals surface area contributed by atoms with Crippen molar-refractivity contribution in [2.75, 3.05) is 0 Å². The molecule has 7 nitrogen and oxygen atoms in total. The first-order valence-electron chi connectivity index (χ1n) is 10.8. The first kappa shape index (κ1) is 29.6. The van der Waals surface area contributed by atoms with Crippen LogP contribution in [0.2, 0.25) is 0 Å². The third-order valence-corrected chi connectivity index (χ3v) is 11.2. The first-order chi connectivity index (χ1) is 17.4. The normalized spacial score (nSPS) is 22.9. The van der Waals surface area contributed by atoms with Gasteiger partial charge in [-0.1, -0.05) is 40.2 Å². The highest BCUT2D eigenvalue weighted by molar-refractivity contribution is 14.1. The van der Waals surface area contributed by atoms with E-state index in [0.717, 1.165) is 4.47 Å². The summed E-state index contributed by atoms with van der Waals surface area (Å²) in [6.45, 7) is 0. The van der Waals surface area contributed by atoms with Gasteiger partial charge in [0.1, 0.15) is 16.7 Å². The fraction of sp³-hybridized carbons (Fsp3) is 0.250. The fourth-order valence-electron chi connectivity index (χ4n) is 4.52. The van der Waals surface area contributed by atoms with Crippen LogP contribution in [0, 0.1) is 24.9 Å². The lowest BCUT2D eigenvalue weighted by Crippen LogP contribution is -2.43. The van der Waals surface area contributed by atoms with Crippen molar-refractivity contribution in [2.24, 2.45) is 17.8 Å². The average molecular weight is 943 g/mol. The van der Waals surface area contributed by atoms with Gasteiger partial charge in [-0.2, -0.15) is 8.42 Å². The lowest BCUT2D eigenvalue weighted by Gasteiger charge is -2.40. The number of hydrogen-bond acceptors (Lipinski definition) is 6. The summed E-state index contributed by atoms with van der Waals surface area (Å²) in [5.41, 5.74) is 0.383. The number of fused-ring (bicyclic) bond motifs is 1. The van der Waals surface area contributed by atoms with E-state index < -0.39 is 34.1 Å². The van der Waals surface area contributed by atoms with E-state index in [1.54, 1.807) is 57.3 Å². The minimum absolute atomic E-state index is 0.191. The maximum Gasteiger partial charge on any atom is 0.340 e. The van der Waals surface area contributed by atoms with Gasteiger partial charge in [0.25, 0.3) is 10.1 Å². The molecule has 0 heterocycles. The zero-order valence-corrected chi connectivity index (χ0v) is 28.4. The predicted octanol–water partition coefficient (Wildman–Crippen LogP) is 7.33. The van der Waals surface area contributed by atoms with Gasteiger partial charge in [0.2, 0.25) is 0 Å². The number of esters is 2. The summed E-state index contributed by atoms with van der Waals surface area (Å²) >= 11 is 13.8. The molecule has 0 spiro atoms. The van der Waals surface area contributed by atoms with Gasteiger partial charge in [0, 0.05) is 32.4 Å². The summed E-state index contributed by atoms with van der Waals surface area (Å²) in [5.74, 6) is -1.67. The van der Waals surface area contributed by atoms with E-state index in [1.807, 2.05) is 24.3 Å². The van der Waals surface area contributed by atoms with Crippen LogP contribution >= 0.6 is 93.0 Å². The highest BCUT2D eigenvalue weighted by atomic mass is 127. The highest BCUT2D eigenvalue weighted by Gasteiger charge is 2.43. The number of hydrogen-bond donors (Lipinski definition) is 1. The minimum Gasteiger partial charge on any atom is -0.458 e. The van der Waals surface area contributed by atoms with Gasteiger partial charge < -0.3 is 9.47 Å². The Bertz CT molecular complexity index is 1400. The smallest absolute Gasteiger partial charge is 0.340 e. The standard InChI is InChI=1S/C24H17Br3I2O7S/c25-11-7-16(26)21(17(27)8-11)24(31)36-20-6-5-15(13-3-1-2-4-14(13)20)23(30)35-12-9-18(28)22(19(29)10-12)37(32,33)34/h1-4,7-10,13-15,20H,5-6H2,(H,32,33,34). The Balaban J connectivity index is 1.51. The zero-order chi connectivity index (χ0) is 27.1. The number of carbonyl (C=O) groups is 2. The summed E-state index contributed by atoms with van der Waals surface area (Å²) in [4.78, 5) is 26.1. The van der Waals surface area contributed by atoms with Crippen LogP contribution in [0.4, 0.5) is 0 Å². The molecule has 0 amide bonds. The van der Waals surface area contributed by atoms with E-state index in [0.29, 0.717) is 27.4 Å². The molecule has 0 aromatic heterocycles. The van der Waals surface area contributed by atoms with Crippen LogP contribution in [0.1, 0.15) is 23.2 Å². The Kier molecular flexibility index (Phi) is 9.65. The lowest BCUT2D eigenvalue weighted by atomic mass is 9.69. The number of halogens is 5. The molecule has 2 aliphatic carbocycles. The molecule has 2 aromatic rings. The maximum atomic E-state index is 13.2. The SMILES string of the molecule is O=C(OC1CCC(C(=O)Oc2cc(I)c(S(=O)(=O)O)c(I)c2)C2C=CC=CC12)c1c(Br)cc(Br)cc1Br. The molecule has 13 heteroatoms. The molecule has 4 rings (SSSR count). The summed E-state index contributed by atoms with van der Waals surface area (Å²) in [6, 6.07) is 6.34. The van der Waals surface area contributed by atoms with Crippen molar-refractivity contribution >= 4 is 115 Å². The van der Waals surface area contributed by atoms with Crippen molar-refractivity contribution in [2.45, 2.75) is 23.8 Å². The minimum atomic E-state index is -4.41. The third kappa shape index (κ3) is 6.70. The predicted molar refractivity (Wildman–Crippen MR) is 164 cm³/mol. The van der Waals surface area contributed by atoms with Crippen molar-refractivity contribution < 1.29 is 32.0 Å². The molecule has 0 aliphatic heterocycles. The second-order valence-electron chi connectivity index (χ2n) is 8.41. The molecule has 0 radical (unpaired) electrons. The molecule has 37 heavy (non-hydrogen) atoms. The molecule has 196 valence electrons. The first-order valence-corrected chi connectivity index (χ1v) is 16.7. The van der Waals surface area contributed by atoms with E-state index in [1.165, 1.54) is 12.1 Å². The van der Waals surface area contributed by atoms with Crippen molar-refractivity contribution in [3.05, 3.63) is 74.7 Å². The van der Waals surface area contributed by atoms with Gasteiger partial charge in [-0.15, -0.1) is 0 Å². The largest absolute Gasteiger partial charge is 0.458 e. The summed E-state index contributed by atoms with van der Waals surface area (Å²) in [7, 11) is -4.41. The molecule has 1 saturated carbocycles. The van der Waals surface area contributed by atoms with Crippen LogP contribution in [-0.2, 0) is 19.6 Å². The van der Waals surface area contributed by atoms with Crippen LogP contribution < -0.4 is 4.74 Å². The van der Waals surface area contributed by atoms with Crippen LogP contribution in [0.25, 0.3) is 0 Å². The monoisotopic (exact) mass is 940 g/mol. The highest BCUT2D eigenvalue weighted by Crippen LogP contribution is 2.42. The van der Waals surface area contributed by atoms with Crippen LogP contribution in [0.5, 0.6) is 5.75 Å². The lowest BCUT2D eigenvalue weighted by molar-refractivity contribution is -0.143. The summed E-state index contributed by atoms with van der Waals surface area (Å²) < 4.78 is 46.8. The van der Waals surface area contributed by atoms with E-state index in [2.05, 4.69) is 47.8 Å². The van der Waals surface area contributed by atoms with Gasteiger partial charge in [0.15, 0.2) is 0 Å². The van der Waals surface area contributed by atoms with E-state index >= 15 is 0 Å². The maximum absolute atomic E-state index is 13.2. The van der Waals surface area contributed by atoms with Gasteiger partial charge in [-0.25, -0.2) is 4.79 Å². The van der Waals surface area contributed by atoms with Gasteiger partial charge in [0.05, 0.1) is 11.5 Å². The number of rotatable bonds is 5. The van der Waals surface area contributed by atoms with Crippen LogP contribution in [0.15, 0.2) is 66.9 Å². The second-order valence-corrected chi connectivity index (χ2v) is 14.7. The topological polar surface area (TPSA) is 107 Å². The Morgan fingerprint density at radius 2 is 1.49 bits per heavy atom. The van der Waals surface area contributed by atoms with E-state index in [9.17, 15) is 22.6 Å². The molecule has 1 fully saturated rings. The molecule has 1 N–H and O–H groups in total. The molecular weight excluding hydrogens is 926 g/mol. The van der Waals surface area contributed by atoms with Gasteiger partial charge in [-0.05, 0) is 114 Å². The average Bonchev–Trinajstić information content (AvgIpc) is 2.77. The molecule has 0 bridgehead atoms. The molecular formula is C24H17Br3I2O7S. The van der Waals surface area contributed by atoms with Crippen molar-refractivity contribution in [3.63, 3.8) is 0 Å². The Labute approximate surface area is 266 Å². The Morgan fingerprint density at radius 3 is 2.05 bits per heavy atom. The molecule has 0 saturated heterocycles. The van der Waals surface area contributed by atoms with Crippen LogP contribution in [-0.4, -0.2) is 31.0 Å². The van der Waals surface area contributed by atoms with E-state index in [4.69, 9.17) is 9.47 Å². The quantitative estimate of drug-likeness (QED) is 0.145. The molecule has 2 aliphatic rings. The summed E-state index contributed by atoms with van der Waals surface area (Å²) in [6.07, 6.45) is 8.09. The van der Waals surface area contributed by atoms with Gasteiger partial charge >= 0.3 is 11.9 Å². The number of carbonyl (C=O) groups excluding carboxylic acids is 2. The number of allylic oxidation sites excluding steroid dienone is 3. The fourth-order valence-corrected chi connectivity index (χ4v) is 11.1. The van der Waals surface area contributed by atoms with Crippen LogP contribution in [0.3, 0.4) is 0 Å². The van der Waals surface area contributed by atoms with Crippen molar-refractivity contribution in [1.29, 1.82) is 0 Å².